The maximum Gasteiger partial charge on any atom is 0.225 e. The first-order chi connectivity index (χ1) is 9.54. The van der Waals surface area contributed by atoms with Crippen molar-refractivity contribution in [2.45, 2.75) is 26.4 Å². The number of amides is 1. The Kier molecular flexibility index (Phi) is 3.42. The van der Waals surface area contributed by atoms with E-state index in [0.717, 1.165) is 26.2 Å². The predicted molar refractivity (Wildman–Crippen MR) is 77.2 cm³/mol. The van der Waals surface area contributed by atoms with Gasteiger partial charge in [0, 0.05) is 44.1 Å². The first-order valence-electron chi connectivity index (χ1n) is 7.35. The Labute approximate surface area is 120 Å². The summed E-state index contributed by atoms with van der Waals surface area (Å²) in [7, 11) is 0. The molecule has 1 aromatic carbocycles. The molecule has 0 aromatic heterocycles. The molecule has 1 N–H and O–H groups in total. The number of phenols is 1. The lowest BCUT2D eigenvalue weighted by Gasteiger charge is -2.43. The van der Waals surface area contributed by atoms with E-state index in [9.17, 15) is 9.90 Å². The zero-order chi connectivity index (χ0) is 14.3. The molecule has 108 valence electrons. The molecule has 0 saturated carbocycles. The second-order valence-corrected chi connectivity index (χ2v) is 6.32. The van der Waals surface area contributed by atoms with Gasteiger partial charge in [0.15, 0.2) is 0 Å². The van der Waals surface area contributed by atoms with Crippen LogP contribution in [0.5, 0.6) is 5.75 Å². The van der Waals surface area contributed by atoms with Crippen LogP contribution in [-0.4, -0.2) is 46.5 Å². The van der Waals surface area contributed by atoms with Crippen LogP contribution in [0.3, 0.4) is 0 Å². The second kappa shape index (κ2) is 5.09. The molecule has 2 aliphatic heterocycles. The molecule has 4 heteroatoms. The minimum atomic E-state index is 0.0954. The first kappa shape index (κ1) is 13.4. The predicted octanol–water partition coefficient (Wildman–Crippen LogP) is 1.69. The highest BCUT2D eigenvalue weighted by molar-refractivity contribution is 5.78. The van der Waals surface area contributed by atoms with Crippen LogP contribution in [0.1, 0.15) is 19.4 Å². The molecule has 2 saturated heterocycles. The van der Waals surface area contributed by atoms with Crippen LogP contribution in [0.15, 0.2) is 24.3 Å². The lowest BCUT2D eigenvalue weighted by atomic mass is 9.91. The van der Waals surface area contributed by atoms with Gasteiger partial charge in [0.05, 0.1) is 0 Å². The van der Waals surface area contributed by atoms with E-state index >= 15 is 0 Å². The number of phenolic OH excluding ortho intramolecular Hbond substituents is 1. The molecule has 3 rings (SSSR count). The van der Waals surface area contributed by atoms with Gasteiger partial charge in [0.25, 0.3) is 0 Å². The third kappa shape index (κ3) is 2.40. The number of nitrogens with zero attached hydrogens (tertiary/aromatic N) is 2. The van der Waals surface area contributed by atoms with Crippen molar-refractivity contribution in [2.75, 3.05) is 19.6 Å². The number of hydrogen-bond acceptors (Lipinski definition) is 3. The van der Waals surface area contributed by atoms with Crippen molar-refractivity contribution in [3.63, 3.8) is 0 Å². The van der Waals surface area contributed by atoms with Gasteiger partial charge in [-0.05, 0) is 17.7 Å². The highest BCUT2D eigenvalue weighted by Crippen LogP contribution is 2.34. The molecule has 0 radical (unpaired) electrons. The highest BCUT2D eigenvalue weighted by Gasteiger charge is 2.46. The van der Waals surface area contributed by atoms with Crippen LogP contribution in [-0.2, 0) is 11.3 Å². The maximum absolute atomic E-state index is 12.0. The minimum Gasteiger partial charge on any atom is -0.508 e. The summed E-state index contributed by atoms with van der Waals surface area (Å²) in [6, 6.07) is 7.92. The topological polar surface area (TPSA) is 43.8 Å². The largest absolute Gasteiger partial charge is 0.508 e. The van der Waals surface area contributed by atoms with Crippen molar-refractivity contribution in [1.29, 1.82) is 0 Å². The smallest absolute Gasteiger partial charge is 0.225 e. The lowest BCUT2D eigenvalue weighted by molar-refractivity contribution is -0.133. The normalized spacial score (nSPS) is 25.6. The van der Waals surface area contributed by atoms with E-state index < -0.39 is 0 Å². The van der Waals surface area contributed by atoms with Gasteiger partial charge in [-0.25, -0.2) is 0 Å². The molecule has 0 unspecified atom stereocenters. The Morgan fingerprint density at radius 3 is 2.60 bits per heavy atom. The molecule has 0 spiro atoms. The van der Waals surface area contributed by atoms with Crippen LogP contribution in [0, 0.1) is 11.8 Å². The number of likely N-dealkylation sites (tertiary alicyclic amines) is 2. The average Bonchev–Trinajstić information content (AvgIpc) is 2.75. The maximum atomic E-state index is 12.0. The van der Waals surface area contributed by atoms with Crippen LogP contribution in [0.2, 0.25) is 0 Å². The summed E-state index contributed by atoms with van der Waals surface area (Å²) in [5, 5.41) is 9.30. The Morgan fingerprint density at radius 2 is 1.95 bits per heavy atom. The molecular weight excluding hydrogens is 252 g/mol. The van der Waals surface area contributed by atoms with E-state index in [2.05, 4.69) is 4.90 Å². The molecule has 20 heavy (non-hydrogen) atoms. The Hall–Kier alpha value is -1.55. The van der Waals surface area contributed by atoms with Crippen LogP contribution in [0.4, 0.5) is 0 Å². The van der Waals surface area contributed by atoms with Crippen LogP contribution < -0.4 is 0 Å². The molecule has 4 nitrogen and oxygen atoms in total. The van der Waals surface area contributed by atoms with Crippen molar-refractivity contribution in [2.24, 2.45) is 11.8 Å². The number of carbonyl (C=O) groups excluding carboxylic acids is 1. The fraction of sp³-hybridized carbons (Fsp3) is 0.562. The molecule has 0 bridgehead atoms. The van der Waals surface area contributed by atoms with Crippen LogP contribution in [0.25, 0.3) is 0 Å². The van der Waals surface area contributed by atoms with Gasteiger partial charge in [-0.1, -0.05) is 26.0 Å². The minimum absolute atomic E-state index is 0.0954. The molecule has 0 aliphatic carbocycles. The van der Waals surface area contributed by atoms with Gasteiger partial charge >= 0.3 is 0 Å². The van der Waals surface area contributed by atoms with Crippen molar-refractivity contribution in [1.82, 2.24) is 9.80 Å². The molecule has 2 fully saturated rings. The summed E-state index contributed by atoms with van der Waals surface area (Å²) >= 11 is 0. The molecule has 2 heterocycles. The molecule has 1 amide bonds. The van der Waals surface area contributed by atoms with Crippen LogP contribution >= 0.6 is 0 Å². The van der Waals surface area contributed by atoms with E-state index in [0.29, 0.717) is 17.7 Å². The number of benzene rings is 1. The molecule has 2 aliphatic rings. The zero-order valence-electron chi connectivity index (χ0n) is 12.1. The summed E-state index contributed by atoms with van der Waals surface area (Å²) in [5.41, 5.74) is 1.22. The fourth-order valence-corrected chi connectivity index (χ4v) is 3.31. The number of aromatic hydroxyl groups is 1. The van der Waals surface area contributed by atoms with Gasteiger partial charge in [-0.15, -0.1) is 0 Å². The summed E-state index contributed by atoms with van der Waals surface area (Å²) < 4.78 is 0. The quantitative estimate of drug-likeness (QED) is 0.912. The lowest BCUT2D eigenvalue weighted by Crippen LogP contribution is -2.54. The zero-order valence-corrected chi connectivity index (χ0v) is 12.1. The summed E-state index contributed by atoms with van der Waals surface area (Å²) in [4.78, 5) is 16.5. The third-order valence-electron chi connectivity index (χ3n) is 4.47. The van der Waals surface area contributed by atoms with E-state index in [1.54, 1.807) is 12.1 Å². The standard InChI is InChI=1S/C16H22N2O2/c1-11(2)16(20)18-9-13-8-17(15(13)10-18)7-12-3-5-14(19)6-4-12/h3-6,11,13,15,19H,7-10H2,1-2H3/t13-,15+/m0/s1. The van der Waals surface area contributed by atoms with E-state index in [4.69, 9.17) is 0 Å². The summed E-state index contributed by atoms with van der Waals surface area (Å²) in [6.45, 7) is 7.72. The van der Waals surface area contributed by atoms with Gasteiger partial charge in [-0.3, -0.25) is 9.69 Å². The number of fused-ring (bicyclic) bond motifs is 1. The average molecular weight is 274 g/mol. The summed E-state index contributed by atoms with van der Waals surface area (Å²) in [5.74, 6) is 1.33. The highest BCUT2D eigenvalue weighted by atomic mass is 16.3. The Balaban J connectivity index is 1.58. The van der Waals surface area contributed by atoms with Crippen molar-refractivity contribution in [3.8, 4) is 5.75 Å². The van der Waals surface area contributed by atoms with Crippen molar-refractivity contribution >= 4 is 5.91 Å². The monoisotopic (exact) mass is 274 g/mol. The Bertz CT molecular complexity index is 498. The summed E-state index contributed by atoms with van der Waals surface area (Å²) in [6.07, 6.45) is 0. The SMILES string of the molecule is CC(C)C(=O)N1C[C@@H]2CN(Cc3ccc(O)cc3)[C@@H]2C1. The van der Waals surface area contributed by atoms with Gasteiger partial charge in [0.2, 0.25) is 5.91 Å². The van der Waals surface area contributed by atoms with Gasteiger partial charge in [-0.2, -0.15) is 0 Å². The number of rotatable bonds is 3. The molecular formula is C16H22N2O2. The molecule has 2 atom stereocenters. The second-order valence-electron chi connectivity index (χ2n) is 6.32. The van der Waals surface area contributed by atoms with Crippen molar-refractivity contribution in [3.05, 3.63) is 29.8 Å². The van der Waals surface area contributed by atoms with E-state index in [1.165, 1.54) is 5.56 Å². The van der Waals surface area contributed by atoms with E-state index in [-0.39, 0.29) is 11.8 Å². The Morgan fingerprint density at radius 1 is 1.25 bits per heavy atom. The van der Waals surface area contributed by atoms with E-state index in [1.807, 2.05) is 30.9 Å². The number of hydrogen-bond donors (Lipinski definition) is 1. The fourth-order valence-electron chi connectivity index (χ4n) is 3.31. The number of carbonyl (C=O) groups is 1. The van der Waals surface area contributed by atoms with Gasteiger partial charge < -0.3 is 10.0 Å². The van der Waals surface area contributed by atoms with Gasteiger partial charge in [0.1, 0.15) is 5.75 Å². The third-order valence-corrected chi connectivity index (χ3v) is 4.47. The van der Waals surface area contributed by atoms with Crippen molar-refractivity contribution < 1.29 is 9.90 Å². The first-order valence-corrected chi connectivity index (χ1v) is 7.35. The molecule has 1 aromatic rings.